The highest BCUT2D eigenvalue weighted by Gasteiger charge is 2.26. The third-order valence-electron chi connectivity index (χ3n) is 3.41. The van der Waals surface area contributed by atoms with Crippen LogP contribution in [0.3, 0.4) is 0 Å². The second kappa shape index (κ2) is 7.66. The van der Waals surface area contributed by atoms with Gasteiger partial charge in [-0.1, -0.05) is 0 Å². The quantitative estimate of drug-likeness (QED) is 0.408. The molecular weight excluding hydrogens is 354 g/mol. The smallest absolute Gasteiger partial charge is 0.324 e. The number of hydrogen-bond donors (Lipinski definition) is 4. The van der Waals surface area contributed by atoms with E-state index in [0.29, 0.717) is 11.4 Å². The van der Waals surface area contributed by atoms with Gasteiger partial charge in [-0.3, -0.25) is 9.13 Å². The molecule has 2 aromatic rings. The maximum absolute atomic E-state index is 11.1. The van der Waals surface area contributed by atoms with Crippen LogP contribution in [0, 0.1) is 0 Å². The van der Waals surface area contributed by atoms with Crippen molar-refractivity contribution in [2.75, 3.05) is 12.3 Å². The third-order valence-corrected chi connectivity index (χ3v) is 4.97. The molecule has 0 spiro atoms. The number of nitrogens with zero attached hydrogens (tertiary/aromatic N) is 2. The van der Waals surface area contributed by atoms with Gasteiger partial charge in [-0.15, -0.1) is 0 Å². The molecule has 0 aliphatic rings. The lowest BCUT2D eigenvalue weighted by molar-refractivity contribution is -0.711. The SMILES string of the molecule is O=P(O)(O)CC[n+]1ccccc1-c1cccc[n+]1CCP(=O)(O)O. The molecule has 4 N–H and O–H groups in total. The monoisotopic (exact) mass is 374 g/mol. The van der Waals surface area contributed by atoms with Crippen molar-refractivity contribution in [3.8, 4) is 11.4 Å². The van der Waals surface area contributed by atoms with E-state index in [9.17, 15) is 9.13 Å². The van der Waals surface area contributed by atoms with Crippen molar-refractivity contribution < 1.29 is 37.8 Å². The van der Waals surface area contributed by atoms with Crippen molar-refractivity contribution in [2.45, 2.75) is 13.1 Å². The summed E-state index contributed by atoms with van der Waals surface area (Å²) in [5, 5.41) is 0. The zero-order valence-electron chi connectivity index (χ0n) is 12.8. The maximum atomic E-state index is 11.1. The second-order valence-corrected chi connectivity index (χ2v) is 8.89. The summed E-state index contributed by atoms with van der Waals surface area (Å²) in [5.41, 5.74) is 1.41. The van der Waals surface area contributed by atoms with Crippen LogP contribution in [0.1, 0.15) is 0 Å². The van der Waals surface area contributed by atoms with Gasteiger partial charge in [0.25, 0.3) is 11.4 Å². The molecule has 0 aromatic carbocycles. The maximum Gasteiger partial charge on any atom is 0.331 e. The number of aromatic nitrogens is 2. The van der Waals surface area contributed by atoms with Crippen LogP contribution in [-0.4, -0.2) is 31.9 Å². The standard InChI is InChI=1S/C14H18N2O6P2/c17-23(18,19)11-9-15-7-3-1-5-13(15)14-6-2-4-8-16(14)10-12-24(20,21)22/h1-8H,9-12H2,(H2-2,17,18,19,20,21,22)/p+2. The Hall–Kier alpha value is -1.40. The molecule has 130 valence electrons. The van der Waals surface area contributed by atoms with E-state index >= 15 is 0 Å². The highest BCUT2D eigenvalue weighted by molar-refractivity contribution is 7.51. The Balaban J connectivity index is 2.35. The molecule has 24 heavy (non-hydrogen) atoms. The summed E-state index contributed by atoms with van der Waals surface area (Å²) < 4.78 is 25.7. The van der Waals surface area contributed by atoms with Gasteiger partial charge in [-0.2, -0.15) is 9.13 Å². The fourth-order valence-corrected chi connectivity index (χ4v) is 3.24. The largest absolute Gasteiger partial charge is 0.331 e. The Morgan fingerprint density at radius 1 is 0.708 bits per heavy atom. The predicted octanol–water partition coefficient (Wildman–Crippen LogP) is 0.284. The molecule has 0 unspecified atom stereocenters. The zero-order chi connectivity index (χ0) is 17.8. The van der Waals surface area contributed by atoms with E-state index in [0.717, 1.165) is 0 Å². The van der Waals surface area contributed by atoms with Crippen molar-refractivity contribution in [2.24, 2.45) is 0 Å². The fourth-order valence-electron chi connectivity index (χ4n) is 2.28. The van der Waals surface area contributed by atoms with Gasteiger partial charge in [0.1, 0.15) is 12.3 Å². The summed E-state index contributed by atoms with van der Waals surface area (Å²) in [7, 11) is -8.24. The summed E-state index contributed by atoms with van der Waals surface area (Å²) in [6.07, 6.45) is 2.85. The topological polar surface area (TPSA) is 123 Å². The van der Waals surface area contributed by atoms with E-state index in [-0.39, 0.29) is 25.4 Å². The van der Waals surface area contributed by atoms with Crippen LogP contribution >= 0.6 is 15.2 Å². The van der Waals surface area contributed by atoms with Crippen LogP contribution in [0.2, 0.25) is 0 Å². The van der Waals surface area contributed by atoms with E-state index in [1.54, 1.807) is 57.9 Å². The summed E-state index contributed by atoms with van der Waals surface area (Å²) in [6.45, 7) is 0.266. The van der Waals surface area contributed by atoms with Gasteiger partial charge < -0.3 is 19.6 Å². The summed E-state index contributed by atoms with van der Waals surface area (Å²) in [5.74, 6) is 0. The molecule has 0 aliphatic carbocycles. The minimum absolute atomic E-state index is 0.133. The first-order chi connectivity index (χ1) is 11.2. The van der Waals surface area contributed by atoms with Crippen LogP contribution in [0.4, 0.5) is 0 Å². The second-order valence-electron chi connectivity index (χ2n) is 5.34. The fraction of sp³-hybridized carbons (Fsp3) is 0.286. The zero-order valence-corrected chi connectivity index (χ0v) is 14.6. The molecule has 2 rings (SSSR count). The Labute approximate surface area is 139 Å². The molecule has 0 bridgehead atoms. The van der Waals surface area contributed by atoms with E-state index in [1.165, 1.54) is 0 Å². The third kappa shape index (κ3) is 5.91. The van der Waals surface area contributed by atoms with Gasteiger partial charge in [-0.05, 0) is 12.1 Å². The number of rotatable bonds is 7. The molecule has 8 nitrogen and oxygen atoms in total. The van der Waals surface area contributed by atoms with Gasteiger partial charge in [0.2, 0.25) is 0 Å². The number of hydrogen-bond acceptors (Lipinski definition) is 2. The molecule has 0 amide bonds. The van der Waals surface area contributed by atoms with E-state index in [1.807, 2.05) is 0 Å². The van der Waals surface area contributed by atoms with E-state index in [4.69, 9.17) is 19.6 Å². The molecule has 0 atom stereocenters. The van der Waals surface area contributed by atoms with Gasteiger partial charge in [-0.25, -0.2) is 0 Å². The lowest BCUT2D eigenvalue weighted by Gasteiger charge is -2.06. The molecule has 0 aliphatic heterocycles. The van der Waals surface area contributed by atoms with Crippen LogP contribution in [0.15, 0.2) is 48.8 Å². The Bertz CT molecular complexity index is 734. The molecule has 0 radical (unpaired) electrons. The molecule has 0 saturated heterocycles. The van der Waals surface area contributed by atoms with Crippen LogP contribution in [0.5, 0.6) is 0 Å². The van der Waals surface area contributed by atoms with E-state index in [2.05, 4.69) is 0 Å². The normalized spacial score (nSPS) is 12.3. The van der Waals surface area contributed by atoms with Crippen molar-refractivity contribution in [3.63, 3.8) is 0 Å². The van der Waals surface area contributed by atoms with E-state index < -0.39 is 15.2 Å². The first-order valence-electron chi connectivity index (χ1n) is 7.22. The minimum Gasteiger partial charge on any atom is -0.324 e. The number of pyridine rings is 2. The summed E-state index contributed by atoms with van der Waals surface area (Å²) >= 11 is 0. The molecule has 10 heteroatoms. The van der Waals surface area contributed by atoms with Crippen molar-refractivity contribution in [3.05, 3.63) is 48.8 Å². The Morgan fingerprint density at radius 2 is 1.08 bits per heavy atom. The average molecular weight is 374 g/mol. The molecule has 2 aromatic heterocycles. The summed E-state index contributed by atoms with van der Waals surface area (Å²) in [4.78, 5) is 36.3. The van der Waals surface area contributed by atoms with Crippen LogP contribution < -0.4 is 9.13 Å². The predicted molar refractivity (Wildman–Crippen MR) is 86.1 cm³/mol. The van der Waals surface area contributed by atoms with Crippen LogP contribution in [-0.2, 0) is 22.2 Å². The van der Waals surface area contributed by atoms with Crippen molar-refractivity contribution in [1.82, 2.24) is 0 Å². The summed E-state index contributed by atoms with van der Waals surface area (Å²) in [6, 6.07) is 10.7. The van der Waals surface area contributed by atoms with Crippen molar-refractivity contribution >= 4 is 15.2 Å². The minimum atomic E-state index is -4.12. The first-order valence-corrected chi connectivity index (χ1v) is 10.8. The highest BCUT2D eigenvalue weighted by Crippen LogP contribution is 2.34. The lowest BCUT2D eigenvalue weighted by Crippen LogP contribution is -2.44. The molecular formula is C14H20N2O6P2+2. The lowest BCUT2D eigenvalue weighted by atomic mass is 10.2. The Kier molecular flexibility index (Phi) is 6.04. The van der Waals surface area contributed by atoms with Gasteiger partial charge >= 0.3 is 15.2 Å². The van der Waals surface area contributed by atoms with Crippen molar-refractivity contribution in [1.29, 1.82) is 0 Å². The highest BCUT2D eigenvalue weighted by atomic mass is 31.2. The Morgan fingerprint density at radius 3 is 1.42 bits per heavy atom. The van der Waals surface area contributed by atoms with Gasteiger partial charge in [0.05, 0.1) is 0 Å². The first kappa shape index (κ1) is 18.9. The van der Waals surface area contributed by atoms with Gasteiger partial charge in [0, 0.05) is 24.3 Å². The molecule has 0 saturated carbocycles. The van der Waals surface area contributed by atoms with Gasteiger partial charge in [0.15, 0.2) is 25.5 Å². The average Bonchev–Trinajstić information content (AvgIpc) is 2.50. The number of aryl methyl sites for hydroxylation is 2. The van der Waals surface area contributed by atoms with Crippen LogP contribution in [0.25, 0.3) is 11.4 Å². The molecule has 0 fully saturated rings. The molecule has 2 heterocycles.